The van der Waals surface area contributed by atoms with Crippen LogP contribution >= 0.6 is 0 Å². The van der Waals surface area contributed by atoms with E-state index < -0.39 is 5.91 Å². The van der Waals surface area contributed by atoms with E-state index in [9.17, 15) is 4.79 Å². The maximum Gasteiger partial charge on any atom is 0.267 e. The summed E-state index contributed by atoms with van der Waals surface area (Å²) >= 11 is 0. The molecule has 0 aromatic carbocycles. The third kappa shape index (κ3) is 2.07. The zero-order valence-electron chi connectivity index (χ0n) is 8.23. The molecule has 0 atom stereocenters. The third-order valence-electron chi connectivity index (χ3n) is 2.58. The van der Waals surface area contributed by atoms with Crippen molar-refractivity contribution in [2.75, 3.05) is 11.9 Å². The van der Waals surface area contributed by atoms with E-state index in [0.717, 1.165) is 18.5 Å². The Morgan fingerprint density at radius 3 is 2.93 bits per heavy atom. The van der Waals surface area contributed by atoms with Crippen molar-refractivity contribution in [1.82, 2.24) is 4.98 Å². The van der Waals surface area contributed by atoms with E-state index in [4.69, 9.17) is 10.8 Å². The van der Waals surface area contributed by atoms with Gasteiger partial charge in [-0.1, -0.05) is 0 Å². The predicted molar refractivity (Wildman–Crippen MR) is 55.4 cm³/mol. The SMILES string of the molecule is NC(=O)c1cc(NC2(CO)CC2)ccn1. The number of nitrogens with zero attached hydrogens (tertiary/aromatic N) is 1. The molecule has 4 N–H and O–H groups in total. The van der Waals surface area contributed by atoms with Gasteiger partial charge in [0.2, 0.25) is 0 Å². The summed E-state index contributed by atoms with van der Waals surface area (Å²) in [6.45, 7) is 0.0984. The van der Waals surface area contributed by atoms with Gasteiger partial charge in [0.1, 0.15) is 5.69 Å². The molecule has 1 aromatic rings. The minimum absolute atomic E-state index is 0.0984. The van der Waals surface area contributed by atoms with Gasteiger partial charge in [0.05, 0.1) is 12.1 Å². The summed E-state index contributed by atoms with van der Waals surface area (Å²) in [4.78, 5) is 14.7. The van der Waals surface area contributed by atoms with Crippen molar-refractivity contribution in [2.45, 2.75) is 18.4 Å². The van der Waals surface area contributed by atoms with Crippen LogP contribution < -0.4 is 11.1 Å². The molecule has 1 aliphatic rings. The first kappa shape index (κ1) is 9.92. The first-order valence-corrected chi connectivity index (χ1v) is 4.80. The Bertz CT molecular complexity index is 388. The molecule has 0 radical (unpaired) electrons. The van der Waals surface area contributed by atoms with E-state index in [1.165, 1.54) is 6.20 Å². The predicted octanol–water partition coefficient (Wildman–Crippen LogP) is 0.117. The van der Waals surface area contributed by atoms with Crippen molar-refractivity contribution >= 4 is 11.6 Å². The highest BCUT2D eigenvalue weighted by Gasteiger charge is 2.41. The van der Waals surface area contributed by atoms with Crippen LogP contribution in [-0.4, -0.2) is 28.1 Å². The lowest BCUT2D eigenvalue weighted by molar-refractivity contribution is 0.0995. The zero-order chi connectivity index (χ0) is 10.9. The Labute approximate surface area is 87.3 Å². The lowest BCUT2D eigenvalue weighted by atomic mass is 10.2. The second-order valence-electron chi connectivity index (χ2n) is 3.86. The van der Waals surface area contributed by atoms with Crippen LogP contribution in [-0.2, 0) is 0 Å². The number of aromatic nitrogens is 1. The number of primary amides is 1. The van der Waals surface area contributed by atoms with Crippen molar-refractivity contribution < 1.29 is 9.90 Å². The van der Waals surface area contributed by atoms with Gasteiger partial charge in [-0.15, -0.1) is 0 Å². The fourth-order valence-electron chi connectivity index (χ4n) is 1.42. The van der Waals surface area contributed by atoms with E-state index in [1.54, 1.807) is 12.1 Å². The van der Waals surface area contributed by atoms with E-state index in [2.05, 4.69) is 10.3 Å². The van der Waals surface area contributed by atoms with Crippen molar-refractivity contribution in [1.29, 1.82) is 0 Å². The monoisotopic (exact) mass is 207 g/mol. The maximum absolute atomic E-state index is 10.9. The number of nitrogens with one attached hydrogen (secondary N) is 1. The largest absolute Gasteiger partial charge is 0.394 e. The summed E-state index contributed by atoms with van der Waals surface area (Å²) in [6, 6.07) is 3.35. The molecule has 1 fully saturated rings. The van der Waals surface area contributed by atoms with Gasteiger partial charge in [-0.3, -0.25) is 9.78 Å². The molecule has 2 rings (SSSR count). The number of anilines is 1. The highest BCUT2D eigenvalue weighted by molar-refractivity contribution is 5.91. The highest BCUT2D eigenvalue weighted by atomic mass is 16.3. The Morgan fingerprint density at radius 2 is 2.40 bits per heavy atom. The van der Waals surface area contributed by atoms with Gasteiger partial charge >= 0.3 is 0 Å². The van der Waals surface area contributed by atoms with Gasteiger partial charge in [0.15, 0.2) is 0 Å². The van der Waals surface area contributed by atoms with Gasteiger partial charge < -0.3 is 16.2 Å². The molecule has 0 saturated heterocycles. The fourth-order valence-corrected chi connectivity index (χ4v) is 1.42. The number of pyridine rings is 1. The van der Waals surface area contributed by atoms with E-state index in [-0.39, 0.29) is 17.8 Å². The normalized spacial score (nSPS) is 17.1. The molecule has 0 aliphatic heterocycles. The van der Waals surface area contributed by atoms with E-state index in [1.807, 2.05) is 0 Å². The molecule has 1 aliphatic carbocycles. The molecule has 5 nitrogen and oxygen atoms in total. The summed E-state index contributed by atoms with van der Waals surface area (Å²) in [5.41, 5.74) is 5.92. The molecule has 1 heterocycles. The molecule has 1 amide bonds. The molecule has 1 aromatic heterocycles. The Kier molecular flexibility index (Phi) is 2.32. The van der Waals surface area contributed by atoms with Crippen LogP contribution in [0.4, 0.5) is 5.69 Å². The molecule has 80 valence electrons. The number of nitrogens with two attached hydrogens (primary N) is 1. The second kappa shape index (κ2) is 3.51. The van der Waals surface area contributed by atoms with Crippen LogP contribution in [0.2, 0.25) is 0 Å². The number of carbonyl (C=O) groups is 1. The number of aliphatic hydroxyl groups is 1. The van der Waals surface area contributed by atoms with Crippen LogP contribution in [0.25, 0.3) is 0 Å². The average molecular weight is 207 g/mol. The average Bonchev–Trinajstić information content (AvgIpc) is 2.99. The number of hydrogen-bond donors (Lipinski definition) is 3. The number of hydrogen-bond acceptors (Lipinski definition) is 4. The Balaban J connectivity index is 2.15. The van der Waals surface area contributed by atoms with Crippen LogP contribution in [0.1, 0.15) is 23.3 Å². The molecule has 0 spiro atoms. The second-order valence-corrected chi connectivity index (χ2v) is 3.86. The molecule has 5 heteroatoms. The van der Waals surface area contributed by atoms with Crippen molar-refractivity contribution in [3.05, 3.63) is 24.0 Å². The lowest BCUT2D eigenvalue weighted by Crippen LogP contribution is -2.25. The summed E-state index contributed by atoms with van der Waals surface area (Å²) in [5.74, 6) is -0.549. The molecule has 1 saturated carbocycles. The van der Waals surface area contributed by atoms with Crippen LogP contribution in [0.5, 0.6) is 0 Å². The third-order valence-corrected chi connectivity index (χ3v) is 2.58. The van der Waals surface area contributed by atoms with Crippen LogP contribution in [0, 0.1) is 0 Å². The van der Waals surface area contributed by atoms with Crippen LogP contribution in [0.3, 0.4) is 0 Å². The zero-order valence-corrected chi connectivity index (χ0v) is 8.23. The Hall–Kier alpha value is -1.62. The molecule has 0 unspecified atom stereocenters. The van der Waals surface area contributed by atoms with Crippen molar-refractivity contribution in [3.8, 4) is 0 Å². The van der Waals surface area contributed by atoms with E-state index in [0.29, 0.717) is 0 Å². The summed E-state index contributed by atoms with van der Waals surface area (Å²) in [7, 11) is 0. The van der Waals surface area contributed by atoms with Crippen molar-refractivity contribution in [3.63, 3.8) is 0 Å². The maximum atomic E-state index is 10.9. The quantitative estimate of drug-likeness (QED) is 0.654. The van der Waals surface area contributed by atoms with Gasteiger partial charge in [-0.05, 0) is 25.0 Å². The summed E-state index contributed by atoms with van der Waals surface area (Å²) < 4.78 is 0. The smallest absolute Gasteiger partial charge is 0.267 e. The number of carbonyl (C=O) groups excluding carboxylic acids is 1. The number of amides is 1. The highest BCUT2D eigenvalue weighted by Crippen LogP contribution is 2.38. The Morgan fingerprint density at radius 1 is 1.67 bits per heavy atom. The fraction of sp³-hybridized carbons (Fsp3) is 0.400. The standard InChI is InChI=1S/C10H13N3O2/c11-9(15)8-5-7(1-4-12-8)13-10(6-14)2-3-10/h1,4-5,14H,2-3,6H2,(H2,11,15)(H,12,13). The molecular weight excluding hydrogens is 194 g/mol. The number of rotatable bonds is 4. The van der Waals surface area contributed by atoms with Gasteiger partial charge in [-0.25, -0.2) is 0 Å². The van der Waals surface area contributed by atoms with Gasteiger partial charge in [-0.2, -0.15) is 0 Å². The molecular formula is C10H13N3O2. The first-order valence-electron chi connectivity index (χ1n) is 4.80. The van der Waals surface area contributed by atoms with Gasteiger partial charge in [0, 0.05) is 11.9 Å². The van der Waals surface area contributed by atoms with Crippen molar-refractivity contribution in [2.24, 2.45) is 5.73 Å². The van der Waals surface area contributed by atoms with Gasteiger partial charge in [0.25, 0.3) is 5.91 Å². The summed E-state index contributed by atoms with van der Waals surface area (Å²) in [5, 5.41) is 12.3. The van der Waals surface area contributed by atoms with Crippen LogP contribution in [0.15, 0.2) is 18.3 Å². The minimum Gasteiger partial charge on any atom is -0.394 e. The summed E-state index contributed by atoms with van der Waals surface area (Å²) in [6.07, 6.45) is 3.41. The van der Waals surface area contributed by atoms with E-state index >= 15 is 0 Å². The lowest BCUT2D eigenvalue weighted by Gasteiger charge is -2.15. The minimum atomic E-state index is -0.549. The topological polar surface area (TPSA) is 88.2 Å². The molecule has 15 heavy (non-hydrogen) atoms. The molecule has 0 bridgehead atoms. The first-order chi connectivity index (χ1) is 7.15. The number of aliphatic hydroxyl groups excluding tert-OH is 1.